The van der Waals surface area contributed by atoms with Crippen LogP contribution in [-0.2, 0) is 21.6 Å². The van der Waals surface area contributed by atoms with E-state index in [1.54, 1.807) is 0 Å². The maximum Gasteiger partial charge on any atom is 0.235 e. The number of primary amides is 1. The predicted octanol–water partition coefficient (Wildman–Crippen LogP) is 3.74. The number of ether oxygens (including phenoxy) is 1. The van der Waals surface area contributed by atoms with Gasteiger partial charge in [0.25, 0.3) is 0 Å². The summed E-state index contributed by atoms with van der Waals surface area (Å²) in [6.45, 7) is 5.82. The summed E-state index contributed by atoms with van der Waals surface area (Å²) in [5.41, 5.74) is 10.6. The summed E-state index contributed by atoms with van der Waals surface area (Å²) >= 11 is 0. The topological polar surface area (TPSA) is 55.6 Å². The van der Waals surface area contributed by atoms with Crippen LogP contribution in [0.1, 0.15) is 30.4 Å². The number of hydrogen-bond donors (Lipinski definition) is 1. The molecule has 0 radical (unpaired) electrons. The van der Waals surface area contributed by atoms with Gasteiger partial charge < -0.3 is 15.4 Å². The van der Waals surface area contributed by atoms with Crippen molar-refractivity contribution >= 4 is 5.91 Å². The van der Waals surface area contributed by atoms with Gasteiger partial charge in [-0.2, -0.15) is 0 Å². The minimum atomic E-state index is -0.257. The standard InChI is InChI=1S/C23H26N2O2/c1-2-22(27-18-19-9-5-3-6-10-19)25-15-13-23(14-16-25,17-21(24)26)20-11-7-4-8-12-20/h3-12H,1,13-18H2,(H2,24,26). The van der Waals surface area contributed by atoms with Crippen molar-refractivity contribution in [2.45, 2.75) is 31.3 Å². The second-order valence-electron chi connectivity index (χ2n) is 7.03. The van der Waals surface area contributed by atoms with Crippen LogP contribution in [0.3, 0.4) is 0 Å². The molecule has 140 valence electrons. The van der Waals surface area contributed by atoms with Crippen molar-refractivity contribution in [3.05, 3.63) is 90.0 Å². The zero-order chi connectivity index (χ0) is 19.1. The van der Waals surface area contributed by atoms with Crippen molar-refractivity contribution in [3.8, 4) is 0 Å². The summed E-state index contributed by atoms with van der Waals surface area (Å²) in [7, 11) is 0. The number of carbonyl (C=O) groups excluding carboxylic acids is 1. The Kier molecular flexibility index (Phi) is 6.00. The van der Waals surface area contributed by atoms with Crippen LogP contribution in [0.15, 0.2) is 78.9 Å². The second kappa shape index (κ2) is 8.61. The van der Waals surface area contributed by atoms with Gasteiger partial charge in [0.15, 0.2) is 0 Å². The number of rotatable bonds is 7. The Balaban J connectivity index is 1.68. The van der Waals surface area contributed by atoms with E-state index in [1.165, 1.54) is 5.56 Å². The van der Waals surface area contributed by atoms with Crippen molar-refractivity contribution in [3.63, 3.8) is 0 Å². The molecule has 1 fully saturated rings. The Hall–Kier alpha value is -2.97. The SMILES string of the molecule is C=C=C(OCc1ccccc1)N1CCC(CC(N)=O)(c2ccccc2)CC1. The third kappa shape index (κ3) is 4.60. The number of nitrogens with two attached hydrogens (primary N) is 1. The third-order valence-corrected chi connectivity index (χ3v) is 5.28. The van der Waals surface area contributed by atoms with E-state index in [2.05, 4.69) is 29.3 Å². The quantitative estimate of drug-likeness (QED) is 0.603. The van der Waals surface area contributed by atoms with Crippen LogP contribution in [-0.4, -0.2) is 23.9 Å². The average Bonchev–Trinajstić information content (AvgIpc) is 2.71. The molecule has 0 atom stereocenters. The number of benzene rings is 2. The normalized spacial score (nSPS) is 15.6. The molecule has 0 bridgehead atoms. The first kappa shape index (κ1) is 18.8. The Morgan fingerprint density at radius 2 is 1.67 bits per heavy atom. The van der Waals surface area contributed by atoms with E-state index in [0.29, 0.717) is 18.9 Å². The molecule has 0 spiro atoms. The van der Waals surface area contributed by atoms with Crippen molar-refractivity contribution in [2.24, 2.45) is 5.73 Å². The lowest BCUT2D eigenvalue weighted by Crippen LogP contribution is -2.44. The van der Waals surface area contributed by atoms with Crippen LogP contribution in [0.5, 0.6) is 0 Å². The van der Waals surface area contributed by atoms with Gasteiger partial charge in [0.05, 0.1) is 0 Å². The molecule has 2 aromatic carbocycles. The molecule has 1 heterocycles. The minimum absolute atomic E-state index is 0.213. The largest absolute Gasteiger partial charge is 0.468 e. The van der Waals surface area contributed by atoms with Gasteiger partial charge in [0.1, 0.15) is 6.61 Å². The molecule has 0 saturated carbocycles. The van der Waals surface area contributed by atoms with E-state index in [9.17, 15) is 4.79 Å². The number of nitrogens with zero attached hydrogens (tertiary/aromatic N) is 1. The van der Waals surface area contributed by atoms with E-state index in [4.69, 9.17) is 10.5 Å². The van der Waals surface area contributed by atoms with Gasteiger partial charge in [-0.05, 0) is 24.0 Å². The summed E-state index contributed by atoms with van der Waals surface area (Å²) < 4.78 is 5.95. The Bertz CT molecular complexity index is 803. The smallest absolute Gasteiger partial charge is 0.235 e. The Morgan fingerprint density at radius 3 is 2.22 bits per heavy atom. The van der Waals surface area contributed by atoms with Crippen LogP contribution < -0.4 is 5.73 Å². The number of likely N-dealkylation sites (tertiary alicyclic amines) is 1. The highest BCUT2D eigenvalue weighted by atomic mass is 16.5. The molecular formula is C23H26N2O2. The van der Waals surface area contributed by atoms with Gasteiger partial charge in [-0.25, -0.2) is 0 Å². The summed E-state index contributed by atoms with van der Waals surface area (Å²) in [5, 5.41) is 0. The first-order valence-corrected chi connectivity index (χ1v) is 9.28. The molecule has 4 heteroatoms. The maximum absolute atomic E-state index is 11.7. The van der Waals surface area contributed by atoms with Gasteiger partial charge in [-0.1, -0.05) is 73.0 Å². The van der Waals surface area contributed by atoms with Crippen LogP contribution in [0.2, 0.25) is 0 Å². The van der Waals surface area contributed by atoms with Crippen LogP contribution in [0, 0.1) is 0 Å². The summed E-state index contributed by atoms with van der Waals surface area (Å²) in [5.74, 6) is 0.409. The van der Waals surface area contributed by atoms with Gasteiger partial charge in [-0.3, -0.25) is 4.79 Å². The van der Waals surface area contributed by atoms with Crippen LogP contribution in [0.4, 0.5) is 0 Å². The lowest BCUT2D eigenvalue weighted by atomic mass is 9.70. The molecule has 27 heavy (non-hydrogen) atoms. The molecule has 1 aliphatic heterocycles. The van der Waals surface area contributed by atoms with E-state index in [0.717, 1.165) is 31.5 Å². The zero-order valence-corrected chi connectivity index (χ0v) is 15.6. The molecular weight excluding hydrogens is 336 g/mol. The molecule has 1 saturated heterocycles. The molecule has 1 aliphatic rings. The van der Waals surface area contributed by atoms with Gasteiger partial charge in [0.2, 0.25) is 11.8 Å². The highest BCUT2D eigenvalue weighted by Gasteiger charge is 2.38. The molecule has 1 amide bonds. The fraction of sp³-hybridized carbons (Fsp3) is 0.304. The zero-order valence-electron chi connectivity index (χ0n) is 15.6. The number of hydrogen-bond acceptors (Lipinski definition) is 3. The summed E-state index contributed by atoms with van der Waals surface area (Å²) in [4.78, 5) is 13.9. The average molecular weight is 362 g/mol. The predicted molar refractivity (Wildman–Crippen MR) is 107 cm³/mol. The van der Waals surface area contributed by atoms with Crippen molar-refractivity contribution in [1.29, 1.82) is 0 Å². The van der Waals surface area contributed by atoms with Gasteiger partial charge >= 0.3 is 0 Å². The first-order chi connectivity index (χ1) is 13.1. The summed E-state index contributed by atoms with van der Waals surface area (Å²) in [6, 6.07) is 20.2. The minimum Gasteiger partial charge on any atom is -0.468 e. The lowest BCUT2D eigenvalue weighted by Gasteiger charge is -2.42. The van der Waals surface area contributed by atoms with Crippen molar-refractivity contribution < 1.29 is 9.53 Å². The molecule has 4 nitrogen and oxygen atoms in total. The molecule has 0 unspecified atom stereocenters. The molecule has 0 aromatic heterocycles. The Labute approximate surface area is 160 Å². The van der Waals surface area contributed by atoms with Crippen LogP contribution in [0.25, 0.3) is 0 Å². The Morgan fingerprint density at radius 1 is 1.07 bits per heavy atom. The van der Waals surface area contributed by atoms with E-state index in [1.807, 2.05) is 48.5 Å². The fourth-order valence-electron chi connectivity index (χ4n) is 3.81. The number of carbonyl (C=O) groups is 1. The molecule has 2 N–H and O–H groups in total. The second-order valence-corrected chi connectivity index (χ2v) is 7.03. The van der Waals surface area contributed by atoms with E-state index >= 15 is 0 Å². The highest BCUT2D eigenvalue weighted by Crippen LogP contribution is 2.39. The van der Waals surface area contributed by atoms with E-state index in [-0.39, 0.29) is 11.3 Å². The molecule has 2 aromatic rings. The maximum atomic E-state index is 11.7. The van der Waals surface area contributed by atoms with E-state index < -0.39 is 0 Å². The molecule has 0 aliphatic carbocycles. The summed E-state index contributed by atoms with van der Waals surface area (Å²) in [6.07, 6.45) is 2.03. The van der Waals surface area contributed by atoms with Crippen molar-refractivity contribution in [1.82, 2.24) is 4.90 Å². The highest BCUT2D eigenvalue weighted by molar-refractivity contribution is 5.75. The lowest BCUT2D eigenvalue weighted by molar-refractivity contribution is -0.119. The fourth-order valence-corrected chi connectivity index (χ4v) is 3.81. The van der Waals surface area contributed by atoms with Gasteiger partial charge in [0, 0.05) is 24.9 Å². The van der Waals surface area contributed by atoms with Crippen LogP contribution >= 0.6 is 0 Å². The number of piperidine rings is 1. The number of amides is 1. The monoisotopic (exact) mass is 362 g/mol. The molecule has 3 rings (SSSR count). The van der Waals surface area contributed by atoms with Gasteiger partial charge in [-0.15, -0.1) is 0 Å². The first-order valence-electron chi connectivity index (χ1n) is 9.28. The van der Waals surface area contributed by atoms with Crippen molar-refractivity contribution in [2.75, 3.05) is 13.1 Å². The third-order valence-electron chi connectivity index (χ3n) is 5.28.